The van der Waals surface area contributed by atoms with Crippen LogP contribution in [0.1, 0.15) is 23.2 Å². The average molecular weight is 262 g/mol. The van der Waals surface area contributed by atoms with Gasteiger partial charge in [0.05, 0.1) is 5.56 Å². The molecule has 0 aliphatic carbocycles. The Labute approximate surface area is 114 Å². The fourth-order valence-electron chi connectivity index (χ4n) is 2.59. The molecular formula is C14H22N4O. The molecule has 0 unspecified atom stereocenters. The van der Waals surface area contributed by atoms with Crippen molar-refractivity contribution in [1.82, 2.24) is 4.90 Å². The van der Waals surface area contributed by atoms with E-state index >= 15 is 0 Å². The number of hydrogen-bond acceptors (Lipinski definition) is 4. The van der Waals surface area contributed by atoms with Crippen LogP contribution in [0, 0.1) is 0 Å². The highest BCUT2D eigenvalue weighted by Crippen LogP contribution is 2.25. The van der Waals surface area contributed by atoms with E-state index in [9.17, 15) is 4.79 Å². The second-order valence-electron chi connectivity index (χ2n) is 5.32. The molecule has 0 aromatic heterocycles. The van der Waals surface area contributed by atoms with Crippen LogP contribution in [0.5, 0.6) is 0 Å². The van der Waals surface area contributed by atoms with Gasteiger partial charge < -0.3 is 21.3 Å². The van der Waals surface area contributed by atoms with Gasteiger partial charge in [-0.15, -0.1) is 0 Å². The molecule has 5 nitrogen and oxygen atoms in total. The molecular weight excluding hydrogens is 240 g/mol. The maximum Gasteiger partial charge on any atom is 0.250 e. The van der Waals surface area contributed by atoms with Gasteiger partial charge in [0.2, 0.25) is 0 Å². The summed E-state index contributed by atoms with van der Waals surface area (Å²) < 4.78 is 0. The molecule has 1 amide bonds. The van der Waals surface area contributed by atoms with E-state index in [0.29, 0.717) is 17.3 Å². The molecule has 4 N–H and O–H groups in total. The van der Waals surface area contributed by atoms with E-state index in [0.717, 1.165) is 31.6 Å². The summed E-state index contributed by atoms with van der Waals surface area (Å²) in [5.41, 5.74) is 13.0. The second kappa shape index (κ2) is 5.48. The summed E-state index contributed by atoms with van der Waals surface area (Å²) in [6, 6.07) is 6.15. The summed E-state index contributed by atoms with van der Waals surface area (Å²) in [6.07, 6.45) is 2.26. The highest BCUT2D eigenvalue weighted by Gasteiger charge is 2.21. The Morgan fingerprint density at radius 2 is 1.95 bits per heavy atom. The number of amides is 1. The molecule has 1 fully saturated rings. The molecule has 1 aromatic carbocycles. The van der Waals surface area contributed by atoms with Crippen LogP contribution in [0.3, 0.4) is 0 Å². The summed E-state index contributed by atoms with van der Waals surface area (Å²) in [7, 11) is 4.24. The first-order valence-corrected chi connectivity index (χ1v) is 6.59. The number of nitrogen functional groups attached to an aromatic ring is 1. The number of rotatable bonds is 3. The standard InChI is InChI=1S/C14H22N4O/c1-17(2)10-5-7-18(8-6-10)11-3-4-13(15)12(9-11)14(16)19/h3-4,9-10H,5-8,15H2,1-2H3,(H2,16,19). The second-order valence-corrected chi connectivity index (χ2v) is 5.32. The zero-order valence-corrected chi connectivity index (χ0v) is 11.6. The van der Waals surface area contributed by atoms with Crippen LogP contribution in [0.2, 0.25) is 0 Å². The third kappa shape index (κ3) is 2.98. The largest absolute Gasteiger partial charge is 0.398 e. The minimum absolute atomic E-state index is 0.409. The number of piperidine rings is 1. The van der Waals surface area contributed by atoms with Crippen LogP contribution in [0.4, 0.5) is 11.4 Å². The van der Waals surface area contributed by atoms with Gasteiger partial charge >= 0.3 is 0 Å². The van der Waals surface area contributed by atoms with Gasteiger partial charge in [-0.3, -0.25) is 4.79 Å². The minimum atomic E-state index is -0.470. The average Bonchev–Trinajstić information content (AvgIpc) is 2.39. The third-order valence-corrected chi connectivity index (χ3v) is 3.86. The van der Waals surface area contributed by atoms with Crippen LogP contribution in [0.25, 0.3) is 0 Å². The molecule has 0 bridgehead atoms. The number of nitrogens with zero attached hydrogens (tertiary/aromatic N) is 2. The molecule has 0 radical (unpaired) electrons. The van der Waals surface area contributed by atoms with Gasteiger partial charge in [-0.05, 0) is 45.1 Å². The number of primary amides is 1. The lowest BCUT2D eigenvalue weighted by Gasteiger charge is -2.36. The molecule has 104 valence electrons. The zero-order chi connectivity index (χ0) is 14.0. The van der Waals surface area contributed by atoms with Crippen molar-refractivity contribution in [2.24, 2.45) is 5.73 Å². The number of carbonyl (C=O) groups excluding carboxylic acids is 1. The normalized spacial score (nSPS) is 16.9. The van der Waals surface area contributed by atoms with E-state index in [1.54, 1.807) is 12.1 Å². The van der Waals surface area contributed by atoms with Crippen LogP contribution in [-0.4, -0.2) is 44.0 Å². The first-order chi connectivity index (χ1) is 8.99. The molecule has 1 saturated heterocycles. The van der Waals surface area contributed by atoms with E-state index < -0.39 is 5.91 Å². The number of carbonyl (C=O) groups is 1. The first kappa shape index (κ1) is 13.7. The van der Waals surface area contributed by atoms with E-state index in [4.69, 9.17) is 11.5 Å². The van der Waals surface area contributed by atoms with E-state index in [1.807, 2.05) is 6.07 Å². The molecule has 5 heteroatoms. The van der Waals surface area contributed by atoms with Gasteiger partial charge in [-0.25, -0.2) is 0 Å². The lowest BCUT2D eigenvalue weighted by atomic mass is 10.0. The van der Waals surface area contributed by atoms with Gasteiger partial charge in [-0.2, -0.15) is 0 Å². The van der Waals surface area contributed by atoms with Gasteiger partial charge in [0, 0.05) is 30.5 Å². The van der Waals surface area contributed by atoms with E-state index in [1.165, 1.54) is 0 Å². The van der Waals surface area contributed by atoms with Crippen molar-refractivity contribution >= 4 is 17.3 Å². The molecule has 1 aliphatic heterocycles. The molecule has 1 aromatic rings. The summed E-state index contributed by atoms with van der Waals surface area (Å²) in [5, 5.41) is 0. The Morgan fingerprint density at radius 1 is 1.32 bits per heavy atom. The van der Waals surface area contributed by atoms with Crippen LogP contribution in [0.15, 0.2) is 18.2 Å². The molecule has 0 spiro atoms. The molecule has 1 heterocycles. The van der Waals surface area contributed by atoms with Gasteiger partial charge in [-0.1, -0.05) is 0 Å². The zero-order valence-electron chi connectivity index (χ0n) is 11.6. The van der Waals surface area contributed by atoms with Crippen molar-refractivity contribution in [3.8, 4) is 0 Å². The minimum Gasteiger partial charge on any atom is -0.398 e. The fraction of sp³-hybridized carbons (Fsp3) is 0.500. The SMILES string of the molecule is CN(C)C1CCN(c2ccc(N)c(C(N)=O)c2)CC1. The predicted molar refractivity (Wildman–Crippen MR) is 78.3 cm³/mol. The lowest BCUT2D eigenvalue weighted by molar-refractivity contribution is 0.100. The quantitative estimate of drug-likeness (QED) is 0.794. The van der Waals surface area contributed by atoms with Crippen LogP contribution < -0.4 is 16.4 Å². The predicted octanol–water partition coefficient (Wildman–Crippen LogP) is 0.898. The Hall–Kier alpha value is -1.75. The Bertz CT molecular complexity index is 465. The van der Waals surface area contributed by atoms with Gasteiger partial charge in [0.15, 0.2) is 0 Å². The fourth-order valence-corrected chi connectivity index (χ4v) is 2.59. The first-order valence-electron chi connectivity index (χ1n) is 6.59. The van der Waals surface area contributed by atoms with Crippen LogP contribution >= 0.6 is 0 Å². The number of anilines is 2. The summed E-state index contributed by atoms with van der Waals surface area (Å²) in [5.74, 6) is -0.470. The van der Waals surface area contributed by atoms with Crippen molar-refractivity contribution < 1.29 is 4.79 Å². The lowest BCUT2D eigenvalue weighted by Crippen LogP contribution is -2.42. The Morgan fingerprint density at radius 3 is 2.47 bits per heavy atom. The Kier molecular flexibility index (Phi) is 3.95. The smallest absolute Gasteiger partial charge is 0.250 e. The topological polar surface area (TPSA) is 75.6 Å². The van der Waals surface area contributed by atoms with E-state index in [-0.39, 0.29) is 0 Å². The maximum absolute atomic E-state index is 11.3. The van der Waals surface area contributed by atoms with Gasteiger partial charge in [0.25, 0.3) is 5.91 Å². The molecule has 19 heavy (non-hydrogen) atoms. The highest BCUT2D eigenvalue weighted by molar-refractivity contribution is 5.99. The number of hydrogen-bond donors (Lipinski definition) is 2. The van der Waals surface area contributed by atoms with Crippen molar-refractivity contribution in [3.63, 3.8) is 0 Å². The van der Waals surface area contributed by atoms with Crippen LogP contribution in [-0.2, 0) is 0 Å². The molecule has 0 atom stereocenters. The Balaban J connectivity index is 2.12. The highest BCUT2D eigenvalue weighted by atomic mass is 16.1. The van der Waals surface area contributed by atoms with Crippen molar-refractivity contribution in [2.75, 3.05) is 37.8 Å². The molecule has 1 aliphatic rings. The monoisotopic (exact) mass is 262 g/mol. The summed E-state index contributed by atoms with van der Waals surface area (Å²) in [6.45, 7) is 1.98. The number of nitrogens with two attached hydrogens (primary N) is 2. The van der Waals surface area contributed by atoms with E-state index in [2.05, 4.69) is 23.9 Å². The summed E-state index contributed by atoms with van der Waals surface area (Å²) >= 11 is 0. The molecule has 2 rings (SSSR count). The van der Waals surface area contributed by atoms with Crippen molar-refractivity contribution in [2.45, 2.75) is 18.9 Å². The number of benzene rings is 1. The maximum atomic E-state index is 11.3. The van der Waals surface area contributed by atoms with Gasteiger partial charge in [0.1, 0.15) is 0 Å². The third-order valence-electron chi connectivity index (χ3n) is 3.86. The summed E-state index contributed by atoms with van der Waals surface area (Å²) in [4.78, 5) is 15.9. The van der Waals surface area contributed by atoms with Crippen molar-refractivity contribution in [1.29, 1.82) is 0 Å². The molecule has 0 saturated carbocycles. The van der Waals surface area contributed by atoms with Crippen molar-refractivity contribution in [3.05, 3.63) is 23.8 Å².